The van der Waals surface area contributed by atoms with Crippen molar-refractivity contribution < 1.29 is 27.4 Å². The van der Waals surface area contributed by atoms with E-state index in [-0.39, 0.29) is 17.6 Å². The normalized spacial score (nSPS) is 17.2. The van der Waals surface area contributed by atoms with Crippen LogP contribution in [0.2, 0.25) is 0 Å². The standard InChI is InChI=1S/C17H16F3N3O3/c1-11-5-6-15(22-21-11)25-14-7-8-23(10-14)16(24)12-3-2-4-13(9-12)26-17(18,19)20/h2-6,9,14H,7-8,10H2,1H3. The lowest BCUT2D eigenvalue weighted by Gasteiger charge is -2.17. The van der Waals surface area contributed by atoms with Crippen molar-refractivity contribution in [1.82, 2.24) is 15.1 Å². The molecule has 1 atom stereocenters. The molecule has 0 saturated carbocycles. The Labute approximate surface area is 147 Å². The van der Waals surface area contributed by atoms with Crippen LogP contribution < -0.4 is 9.47 Å². The van der Waals surface area contributed by atoms with Crippen LogP contribution in [-0.4, -0.2) is 46.6 Å². The van der Waals surface area contributed by atoms with E-state index in [2.05, 4.69) is 14.9 Å². The highest BCUT2D eigenvalue weighted by molar-refractivity contribution is 5.94. The lowest BCUT2D eigenvalue weighted by molar-refractivity contribution is -0.274. The van der Waals surface area contributed by atoms with Crippen molar-refractivity contribution in [2.75, 3.05) is 13.1 Å². The van der Waals surface area contributed by atoms with Gasteiger partial charge in [0, 0.05) is 24.6 Å². The van der Waals surface area contributed by atoms with Gasteiger partial charge in [0.1, 0.15) is 11.9 Å². The van der Waals surface area contributed by atoms with Gasteiger partial charge in [-0.3, -0.25) is 4.79 Å². The first-order chi connectivity index (χ1) is 12.3. The lowest BCUT2D eigenvalue weighted by Crippen LogP contribution is -2.31. The van der Waals surface area contributed by atoms with Crippen molar-refractivity contribution in [1.29, 1.82) is 0 Å². The molecule has 1 amide bonds. The molecule has 0 spiro atoms. The smallest absolute Gasteiger partial charge is 0.471 e. The fourth-order valence-electron chi connectivity index (χ4n) is 2.64. The molecule has 1 aromatic carbocycles. The van der Waals surface area contributed by atoms with Crippen LogP contribution in [0.15, 0.2) is 36.4 Å². The summed E-state index contributed by atoms with van der Waals surface area (Å²) in [4.78, 5) is 14.0. The molecule has 0 N–H and O–H groups in total. The molecule has 26 heavy (non-hydrogen) atoms. The van der Waals surface area contributed by atoms with Crippen LogP contribution in [0.3, 0.4) is 0 Å². The molecule has 1 aromatic heterocycles. The molecule has 1 aliphatic rings. The van der Waals surface area contributed by atoms with Gasteiger partial charge in [-0.25, -0.2) is 0 Å². The van der Waals surface area contributed by atoms with Crippen LogP contribution in [0.5, 0.6) is 11.6 Å². The maximum absolute atomic E-state index is 12.5. The second-order valence-electron chi connectivity index (χ2n) is 5.87. The minimum atomic E-state index is -4.80. The van der Waals surface area contributed by atoms with Crippen molar-refractivity contribution >= 4 is 5.91 Å². The van der Waals surface area contributed by atoms with Gasteiger partial charge in [-0.05, 0) is 31.2 Å². The number of alkyl halides is 3. The molecule has 6 nitrogen and oxygen atoms in total. The third kappa shape index (κ3) is 4.62. The number of hydrogen-bond donors (Lipinski definition) is 0. The van der Waals surface area contributed by atoms with E-state index in [9.17, 15) is 18.0 Å². The largest absolute Gasteiger partial charge is 0.573 e. The number of nitrogens with zero attached hydrogens (tertiary/aromatic N) is 3. The molecular weight excluding hydrogens is 351 g/mol. The summed E-state index contributed by atoms with van der Waals surface area (Å²) >= 11 is 0. The Hall–Kier alpha value is -2.84. The summed E-state index contributed by atoms with van der Waals surface area (Å²) in [5.41, 5.74) is 0.893. The van der Waals surface area contributed by atoms with Gasteiger partial charge in [-0.15, -0.1) is 18.3 Å². The molecule has 9 heteroatoms. The summed E-state index contributed by atoms with van der Waals surface area (Å²) in [6.07, 6.45) is -4.45. The summed E-state index contributed by atoms with van der Waals surface area (Å²) in [6, 6.07) is 8.49. The van der Waals surface area contributed by atoms with Crippen LogP contribution in [0.25, 0.3) is 0 Å². The van der Waals surface area contributed by atoms with E-state index in [1.54, 1.807) is 12.1 Å². The Morgan fingerprint density at radius 2 is 2.04 bits per heavy atom. The van der Waals surface area contributed by atoms with Crippen molar-refractivity contribution in [3.63, 3.8) is 0 Å². The molecular formula is C17H16F3N3O3. The number of likely N-dealkylation sites (tertiary alicyclic amines) is 1. The van der Waals surface area contributed by atoms with Crippen molar-refractivity contribution in [3.8, 4) is 11.6 Å². The van der Waals surface area contributed by atoms with Crippen LogP contribution in [0, 0.1) is 6.92 Å². The molecule has 3 rings (SSSR count). The van der Waals surface area contributed by atoms with E-state index in [0.717, 1.165) is 17.8 Å². The molecule has 0 radical (unpaired) electrons. The third-order valence-corrected chi connectivity index (χ3v) is 3.81. The number of amides is 1. The molecule has 0 bridgehead atoms. The van der Waals surface area contributed by atoms with Crippen LogP contribution in [-0.2, 0) is 0 Å². The van der Waals surface area contributed by atoms with Gasteiger partial charge < -0.3 is 14.4 Å². The highest BCUT2D eigenvalue weighted by Crippen LogP contribution is 2.25. The van der Waals surface area contributed by atoms with Crippen LogP contribution in [0.1, 0.15) is 22.5 Å². The first-order valence-electron chi connectivity index (χ1n) is 7.92. The first kappa shape index (κ1) is 18.0. The van der Waals surface area contributed by atoms with E-state index in [4.69, 9.17) is 4.74 Å². The Balaban J connectivity index is 1.62. The molecule has 1 saturated heterocycles. The number of aromatic nitrogens is 2. The van der Waals surface area contributed by atoms with E-state index < -0.39 is 12.1 Å². The zero-order valence-corrected chi connectivity index (χ0v) is 13.9. The maximum atomic E-state index is 12.5. The monoisotopic (exact) mass is 367 g/mol. The number of hydrogen-bond acceptors (Lipinski definition) is 5. The number of halogens is 3. The molecule has 1 unspecified atom stereocenters. The second-order valence-corrected chi connectivity index (χ2v) is 5.87. The van der Waals surface area contributed by atoms with Gasteiger partial charge in [0.2, 0.25) is 5.88 Å². The summed E-state index contributed by atoms with van der Waals surface area (Å²) in [5, 5.41) is 7.82. The lowest BCUT2D eigenvalue weighted by atomic mass is 10.2. The van der Waals surface area contributed by atoms with Gasteiger partial charge in [0.05, 0.1) is 12.2 Å². The molecule has 2 aromatic rings. The number of carbonyl (C=O) groups is 1. The zero-order valence-electron chi connectivity index (χ0n) is 13.9. The summed E-state index contributed by atoms with van der Waals surface area (Å²) in [6.45, 7) is 2.56. The zero-order chi connectivity index (χ0) is 18.7. The highest BCUT2D eigenvalue weighted by Gasteiger charge is 2.32. The maximum Gasteiger partial charge on any atom is 0.573 e. The van der Waals surface area contributed by atoms with Gasteiger partial charge >= 0.3 is 6.36 Å². The van der Waals surface area contributed by atoms with E-state index in [0.29, 0.717) is 25.4 Å². The quantitative estimate of drug-likeness (QED) is 0.831. The van der Waals surface area contributed by atoms with E-state index in [1.807, 2.05) is 6.92 Å². The molecule has 1 aliphatic heterocycles. The molecule has 0 aliphatic carbocycles. The number of carbonyl (C=O) groups excluding carboxylic acids is 1. The Morgan fingerprint density at radius 1 is 1.23 bits per heavy atom. The predicted octanol–water partition coefficient (Wildman–Crippen LogP) is 2.98. The van der Waals surface area contributed by atoms with Gasteiger partial charge in [0.25, 0.3) is 5.91 Å². The van der Waals surface area contributed by atoms with Crippen molar-refractivity contribution in [2.45, 2.75) is 25.8 Å². The van der Waals surface area contributed by atoms with Crippen molar-refractivity contribution in [3.05, 3.63) is 47.7 Å². The van der Waals surface area contributed by atoms with Gasteiger partial charge in [0.15, 0.2) is 0 Å². The first-order valence-corrected chi connectivity index (χ1v) is 7.92. The van der Waals surface area contributed by atoms with E-state index in [1.165, 1.54) is 17.0 Å². The number of rotatable bonds is 4. The number of aryl methyl sites for hydroxylation is 1. The highest BCUT2D eigenvalue weighted by atomic mass is 19.4. The fraction of sp³-hybridized carbons (Fsp3) is 0.353. The molecule has 138 valence electrons. The molecule has 2 heterocycles. The minimum absolute atomic E-state index is 0.127. The van der Waals surface area contributed by atoms with Crippen molar-refractivity contribution in [2.24, 2.45) is 0 Å². The van der Waals surface area contributed by atoms with Gasteiger partial charge in [-0.1, -0.05) is 6.07 Å². The fourth-order valence-corrected chi connectivity index (χ4v) is 2.64. The third-order valence-electron chi connectivity index (χ3n) is 3.81. The Morgan fingerprint density at radius 3 is 2.73 bits per heavy atom. The minimum Gasteiger partial charge on any atom is -0.471 e. The summed E-state index contributed by atoms with van der Waals surface area (Å²) < 4.78 is 46.5. The summed E-state index contributed by atoms with van der Waals surface area (Å²) in [7, 11) is 0. The average Bonchev–Trinajstić information content (AvgIpc) is 3.03. The van der Waals surface area contributed by atoms with Gasteiger partial charge in [-0.2, -0.15) is 5.10 Å². The second kappa shape index (κ2) is 7.19. The van der Waals surface area contributed by atoms with Crippen LogP contribution >= 0.6 is 0 Å². The number of benzene rings is 1. The molecule has 1 fully saturated rings. The summed E-state index contributed by atoms with van der Waals surface area (Å²) in [5.74, 6) is -0.431. The van der Waals surface area contributed by atoms with E-state index >= 15 is 0 Å². The topological polar surface area (TPSA) is 64.5 Å². The Bertz CT molecular complexity index is 781. The average molecular weight is 367 g/mol. The predicted molar refractivity (Wildman–Crippen MR) is 84.8 cm³/mol. The number of ether oxygens (including phenoxy) is 2. The Kier molecular flexibility index (Phi) is 4.97. The van der Waals surface area contributed by atoms with Crippen LogP contribution in [0.4, 0.5) is 13.2 Å². The SMILES string of the molecule is Cc1ccc(OC2CCN(C(=O)c3cccc(OC(F)(F)F)c3)C2)nn1.